The lowest BCUT2D eigenvalue weighted by atomic mass is 10.1. The van der Waals surface area contributed by atoms with Gasteiger partial charge in [0.05, 0.1) is 16.4 Å². The molecule has 0 heterocycles. The fourth-order valence-electron chi connectivity index (χ4n) is 5.31. The fourth-order valence-corrected chi connectivity index (χ4v) is 5.60. The highest BCUT2D eigenvalue weighted by Gasteiger charge is 2.22. The molecule has 0 amide bonds. The van der Waals surface area contributed by atoms with Gasteiger partial charge in [-0.3, -0.25) is 0 Å². The largest absolute Gasteiger partial charge is 0.378 e. The molecular weight excluding hydrogens is 576 g/mol. The van der Waals surface area contributed by atoms with Gasteiger partial charge in [0, 0.05) is 102 Å². The Balaban J connectivity index is 1.68. The molecule has 0 bridgehead atoms. The van der Waals surface area contributed by atoms with E-state index in [1.54, 1.807) is 0 Å². The monoisotopic (exact) mass is 618 g/mol. The van der Waals surface area contributed by atoms with Crippen molar-refractivity contribution in [1.29, 1.82) is 0 Å². The first-order chi connectivity index (χ1) is 21.5. The van der Waals surface area contributed by atoms with Gasteiger partial charge in [0.15, 0.2) is 0 Å². The molecule has 0 N–H and O–H groups in total. The molecule has 45 heavy (non-hydrogen) atoms. The molecule has 0 aromatic heterocycles. The van der Waals surface area contributed by atoms with Gasteiger partial charge < -0.3 is 29.4 Å². The van der Waals surface area contributed by atoms with Crippen LogP contribution >= 0.6 is 11.6 Å². The van der Waals surface area contributed by atoms with Crippen molar-refractivity contribution in [2.45, 2.75) is 0 Å². The number of anilines is 10. The molecule has 5 aromatic carbocycles. The standard InChI is InChI=1S/C38H43ClN6/c1-40(2)28-12-20-32(21-13-28)44(33-22-14-29(15-23-33)41(3)4)36-10-9-11-37(38(36)39)45(34-24-16-30(17-25-34)42(5)6)35-26-18-31(19-27-35)43(7)8/h9-27H,1-8H3. The summed E-state index contributed by atoms with van der Waals surface area (Å²) in [6, 6.07) is 40.6. The predicted octanol–water partition coefficient (Wildman–Crippen LogP) is 9.54. The topological polar surface area (TPSA) is 19.4 Å². The molecule has 5 aromatic rings. The highest BCUT2D eigenvalue weighted by atomic mass is 35.5. The molecule has 0 aliphatic rings. The van der Waals surface area contributed by atoms with Gasteiger partial charge in [-0.15, -0.1) is 0 Å². The molecule has 0 radical (unpaired) electrons. The predicted molar refractivity (Wildman–Crippen MR) is 198 cm³/mol. The van der Waals surface area contributed by atoms with Crippen molar-refractivity contribution in [2.24, 2.45) is 0 Å². The third-order valence-corrected chi connectivity index (χ3v) is 8.32. The number of rotatable bonds is 10. The van der Waals surface area contributed by atoms with Gasteiger partial charge >= 0.3 is 0 Å². The summed E-state index contributed by atoms with van der Waals surface area (Å²) in [7, 11) is 16.4. The van der Waals surface area contributed by atoms with Gasteiger partial charge in [-0.2, -0.15) is 0 Å². The van der Waals surface area contributed by atoms with Crippen LogP contribution in [-0.2, 0) is 0 Å². The van der Waals surface area contributed by atoms with E-state index >= 15 is 0 Å². The number of nitrogens with zero attached hydrogens (tertiary/aromatic N) is 6. The summed E-state index contributed by atoms with van der Waals surface area (Å²) < 4.78 is 0. The lowest BCUT2D eigenvalue weighted by Gasteiger charge is -2.31. The third-order valence-electron chi connectivity index (χ3n) is 7.94. The Kier molecular flexibility index (Phi) is 9.45. The van der Waals surface area contributed by atoms with E-state index in [-0.39, 0.29) is 0 Å². The van der Waals surface area contributed by atoms with Crippen LogP contribution in [-0.4, -0.2) is 56.4 Å². The molecule has 0 atom stereocenters. The maximum Gasteiger partial charge on any atom is 0.0887 e. The van der Waals surface area contributed by atoms with Crippen LogP contribution in [0.15, 0.2) is 115 Å². The quantitative estimate of drug-likeness (QED) is 0.154. The van der Waals surface area contributed by atoms with E-state index in [1.165, 1.54) is 0 Å². The number of benzene rings is 5. The van der Waals surface area contributed by atoms with Crippen LogP contribution in [0.1, 0.15) is 0 Å². The van der Waals surface area contributed by atoms with Gasteiger partial charge in [0.2, 0.25) is 0 Å². The minimum Gasteiger partial charge on any atom is -0.378 e. The maximum atomic E-state index is 7.51. The average molecular weight is 619 g/mol. The van der Waals surface area contributed by atoms with E-state index in [9.17, 15) is 0 Å². The highest BCUT2D eigenvalue weighted by Crippen LogP contribution is 2.47. The van der Waals surface area contributed by atoms with Crippen molar-refractivity contribution >= 4 is 68.5 Å². The van der Waals surface area contributed by atoms with Crippen LogP contribution in [0.5, 0.6) is 0 Å². The molecule has 0 aliphatic carbocycles. The molecule has 5 rings (SSSR count). The van der Waals surface area contributed by atoms with E-state index in [0.29, 0.717) is 5.02 Å². The minimum absolute atomic E-state index is 0.652. The van der Waals surface area contributed by atoms with E-state index in [2.05, 4.69) is 201 Å². The van der Waals surface area contributed by atoms with Gasteiger partial charge in [0.25, 0.3) is 0 Å². The molecule has 6 nitrogen and oxygen atoms in total. The van der Waals surface area contributed by atoms with Crippen molar-refractivity contribution in [3.63, 3.8) is 0 Å². The van der Waals surface area contributed by atoms with E-state index < -0.39 is 0 Å². The lowest BCUT2D eigenvalue weighted by Crippen LogP contribution is -2.15. The first-order valence-electron chi connectivity index (χ1n) is 15.0. The summed E-state index contributed by atoms with van der Waals surface area (Å²) in [6.07, 6.45) is 0. The molecule has 232 valence electrons. The molecule has 0 unspecified atom stereocenters. The van der Waals surface area contributed by atoms with Crippen molar-refractivity contribution in [2.75, 3.05) is 85.8 Å². The Labute approximate surface area is 273 Å². The molecule has 0 saturated carbocycles. The summed E-state index contributed by atoms with van der Waals surface area (Å²) >= 11 is 7.51. The third kappa shape index (κ3) is 6.81. The Morgan fingerprint density at radius 1 is 0.311 bits per heavy atom. The van der Waals surface area contributed by atoms with Gasteiger partial charge in [-0.1, -0.05) is 17.7 Å². The van der Waals surface area contributed by atoms with Crippen LogP contribution in [0, 0.1) is 0 Å². The Morgan fingerprint density at radius 2 is 0.511 bits per heavy atom. The number of hydrogen-bond acceptors (Lipinski definition) is 6. The minimum atomic E-state index is 0.652. The second-order valence-electron chi connectivity index (χ2n) is 11.9. The zero-order valence-electron chi connectivity index (χ0n) is 27.5. The summed E-state index contributed by atoms with van der Waals surface area (Å²) in [4.78, 5) is 12.9. The van der Waals surface area contributed by atoms with Crippen LogP contribution in [0.25, 0.3) is 0 Å². The molecule has 0 fully saturated rings. The van der Waals surface area contributed by atoms with Crippen molar-refractivity contribution in [3.05, 3.63) is 120 Å². The summed E-state index contributed by atoms with van der Waals surface area (Å²) in [5, 5.41) is 0.652. The van der Waals surface area contributed by atoms with Gasteiger partial charge in [-0.25, -0.2) is 0 Å². The molecule has 0 spiro atoms. The Bertz CT molecular complexity index is 1470. The summed E-state index contributed by atoms with van der Waals surface area (Å²) in [5.41, 5.74) is 10.4. The normalized spacial score (nSPS) is 10.8. The first kappa shape index (κ1) is 31.6. The maximum absolute atomic E-state index is 7.51. The van der Waals surface area contributed by atoms with Crippen LogP contribution < -0.4 is 29.4 Å². The zero-order chi connectivity index (χ0) is 32.2. The average Bonchev–Trinajstić information content (AvgIpc) is 3.04. The lowest BCUT2D eigenvalue weighted by molar-refractivity contribution is 1.12. The molecular formula is C38H43ClN6. The molecule has 0 aliphatic heterocycles. The highest BCUT2D eigenvalue weighted by molar-refractivity contribution is 6.36. The van der Waals surface area contributed by atoms with Gasteiger partial charge in [0.1, 0.15) is 0 Å². The van der Waals surface area contributed by atoms with Crippen molar-refractivity contribution < 1.29 is 0 Å². The van der Waals surface area contributed by atoms with Crippen molar-refractivity contribution in [1.82, 2.24) is 0 Å². The summed E-state index contributed by atoms with van der Waals surface area (Å²) in [6.45, 7) is 0. The van der Waals surface area contributed by atoms with E-state index in [4.69, 9.17) is 11.6 Å². The smallest absolute Gasteiger partial charge is 0.0887 e. The first-order valence-corrected chi connectivity index (χ1v) is 15.4. The fraction of sp³-hybridized carbons (Fsp3) is 0.211. The molecule has 7 heteroatoms. The Morgan fingerprint density at radius 3 is 0.711 bits per heavy atom. The number of halogens is 1. The van der Waals surface area contributed by atoms with Crippen LogP contribution in [0.4, 0.5) is 56.9 Å². The van der Waals surface area contributed by atoms with E-state index in [1.807, 2.05) is 0 Å². The number of hydrogen-bond donors (Lipinski definition) is 0. The van der Waals surface area contributed by atoms with Crippen LogP contribution in [0.3, 0.4) is 0 Å². The van der Waals surface area contributed by atoms with Gasteiger partial charge in [-0.05, 0) is 109 Å². The SMILES string of the molecule is CN(C)c1ccc(N(c2ccc(N(C)C)cc2)c2cccc(N(c3ccc(N(C)C)cc3)c3ccc(N(C)C)cc3)c2Cl)cc1. The zero-order valence-corrected chi connectivity index (χ0v) is 28.3. The van der Waals surface area contributed by atoms with Crippen LogP contribution in [0.2, 0.25) is 5.02 Å². The van der Waals surface area contributed by atoms with E-state index in [0.717, 1.165) is 56.9 Å². The second kappa shape index (κ2) is 13.4. The molecule has 0 saturated heterocycles. The van der Waals surface area contributed by atoms with Crippen molar-refractivity contribution in [3.8, 4) is 0 Å². The Hall–Kier alpha value is -4.81. The summed E-state index contributed by atoms with van der Waals surface area (Å²) in [5.74, 6) is 0. The second-order valence-corrected chi connectivity index (χ2v) is 12.3.